The fourth-order valence-corrected chi connectivity index (χ4v) is 1.94. The Hall–Kier alpha value is -2.01. The van der Waals surface area contributed by atoms with E-state index in [4.69, 9.17) is 12.2 Å². The SMILES string of the molecule is S=c1[nH][nH]nc1-c1cccc2ncccc12. The van der Waals surface area contributed by atoms with Crippen LogP contribution in [0.2, 0.25) is 0 Å². The molecule has 0 saturated heterocycles. The van der Waals surface area contributed by atoms with Gasteiger partial charge in [0.2, 0.25) is 0 Å². The van der Waals surface area contributed by atoms with Crippen molar-refractivity contribution in [1.29, 1.82) is 0 Å². The Morgan fingerprint density at radius 2 is 2.06 bits per heavy atom. The highest BCUT2D eigenvalue weighted by Crippen LogP contribution is 2.25. The van der Waals surface area contributed by atoms with E-state index in [1.807, 2.05) is 30.3 Å². The summed E-state index contributed by atoms with van der Waals surface area (Å²) >= 11 is 5.16. The number of rotatable bonds is 1. The third-order valence-electron chi connectivity index (χ3n) is 2.45. The van der Waals surface area contributed by atoms with Crippen LogP contribution in [0.15, 0.2) is 36.5 Å². The van der Waals surface area contributed by atoms with Crippen LogP contribution in [0, 0.1) is 4.64 Å². The van der Waals surface area contributed by atoms with Crippen LogP contribution in [0.5, 0.6) is 0 Å². The molecular weight excluding hydrogens is 220 g/mol. The average Bonchev–Trinajstić information content (AvgIpc) is 2.75. The highest BCUT2D eigenvalue weighted by atomic mass is 32.1. The van der Waals surface area contributed by atoms with Gasteiger partial charge >= 0.3 is 0 Å². The van der Waals surface area contributed by atoms with Crippen molar-refractivity contribution in [3.8, 4) is 11.3 Å². The molecule has 5 heteroatoms. The maximum Gasteiger partial charge on any atom is 0.147 e. The summed E-state index contributed by atoms with van der Waals surface area (Å²) in [5.74, 6) is 0. The summed E-state index contributed by atoms with van der Waals surface area (Å²) in [5.41, 5.74) is 2.69. The number of H-pyrrole nitrogens is 2. The molecule has 0 bridgehead atoms. The van der Waals surface area contributed by atoms with Crippen molar-refractivity contribution in [2.45, 2.75) is 0 Å². The Kier molecular flexibility index (Phi) is 2.04. The molecule has 1 aromatic carbocycles. The van der Waals surface area contributed by atoms with E-state index >= 15 is 0 Å². The Morgan fingerprint density at radius 1 is 1.12 bits per heavy atom. The number of nitrogens with zero attached hydrogens (tertiary/aromatic N) is 2. The number of hydrogen-bond acceptors (Lipinski definition) is 3. The minimum absolute atomic E-state index is 0.608. The Balaban J connectivity index is 2.41. The minimum Gasteiger partial charge on any atom is -0.273 e. The lowest BCUT2D eigenvalue weighted by molar-refractivity contribution is 0.938. The summed E-state index contributed by atoms with van der Waals surface area (Å²) < 4.78 is 0.608. The van der Waals surface area contributed by atoms with Crippen molar-refractivity contribution in [1.82, 2.24) is 20.4 Å². The fourth-order valence-electron chi connectivity index (χ4n) is 1.74. The quantitative estimate of drug-likeness (QED) is 0.629. The standard InChI is InChI=1S/C11H8N4S/c16-11-10(13-15-14-11)8-3-1-5-9-7(8)4-2-6-12-9/h1-6H,(H2,13,14,15,16). The van der Waals surface area contributed by atoms with Crippen LogP contribution in [0.4, 0.5) is 0 Å². The largest absolute Gasteiger partial charge is 0.273 e. The van der Waals surface area contributed by atoms with Gasteiger partial charge in [-0.05, 0) is 12.1 Å². The van der Waals surface area contributed by atoms with Crippen molar-refractivity contribution in [2.24, 2.45) is 0 Å². The highest BCUT2D eigenvalue weighted by Gasteiger charge is 2.07. The van der Waals surface area contributed by atoms with Crippen LogP contribution in [0.3, 0.4) is 0 Å². The lowest BCUT2D eigenvalue weighted by Crippen LogP contribution is -1.84. The number of aromatic amines is 2. The number of fused-ring (bicyclic) bond motifs is 1. The second-order valence-electron chi connectivity index (χ2n) is 3.40. The van der Waals surface area contributed by atoms with Crippen LogP contribution in [0.1, 0.15) is 0 Å². The zero-order valence-electron chi connectivity index (χ0n) is 8.27. The number of nitrogens with one attached hydrogen (secondary N) is 2. The second-order valence-corrected chi connectivity index (χ2v) is 3.81. The molecule has 2 N–H and O–H groups in total. The van der Waals surface area contributed by atoms with Crippen molar-refractivity contribution in [3.63, 3.8) is 0 Å². The molecule has 78 valence electrons. The normalized spacial score (nSPS) is 10.8. The van der Waals surface area contributed by atoms with Crippen LogP contribution < -0.4 is 0 Å². The van der Waals surface area contributed by atoms with Gasteiger partial charge in [0.05, 0.1) is 5.52 Å². The molecule has 0 aliphatic carbocycles. The Morgan fingerprint density at radius 3 is 2.88 bits per heavy atom. The molecular formula is C11H8N4S. The van der Waals surface area contributed by atoms with Gasteiger partial charge in [-0.2, -0.15) is 5.10 Å². The highest BCUT2D eigenvalue weighted by molar-refractivity contribution is 7.71. The van der Waals surface area contributed by atoms with Gasteiger partial charge in [0.15, 0.2) is 0 Å². The first-order valence-corrected chi connectivity index (χ1v) is 5.24. The molecule has 3 aromatic rings. The molecule has 0 spiro atoms. The van der Waals surface area contributed by atoms with E-state index in [1.165, 1.54) is 0 Å². The van der Waals surface area contributed by atoms with E-state index in [0.29, 0.717) is 4.64 Å². The average molecular weight is 228 g/mol. The number of aromatic nitrogens is 4. The predicted octanol–water partition coefficient (Wildman–Crippen LogP) is 2.68. The molecule has 0 unspecified atom stereocenters. The number of hydrogen-bond donors (Lipinski definition) is 2. The van der Waals surface area contributed by atoms with E-state index in [9.17, 15) is 0 Å². The maximum absolute atomic E-state index is 5.16. The van der Waals surface area contributed by atoms with Crippen molar-refractivity contribution >= 4 is 23.1 Å². The zero-order chi connectivity index (χ0) is 11.0. The first-order chi connectivity index (χ1) is 7.86. The van der Waals surface area contributed by atoms with Crippen molar-refractivity contribution < 1.29 is 0 Å². The molecule has 2 heterocycles. The molecule has 0 aliphatic rings. The summed E-state index contributed by atoms with van der Waals surface area (Å²) in [6, 6.07) is 9.84. The molecule has 4 nitrogen and oxygen atoms in total. The van der Waals surface area contributed by atoms with Gasteiger partial charge in [-0.3, -0.25) is 10.1 Å². The predicted molar refractivity (Wildman–Crippen MR) is 64.5 cm³/mol. The fraction of sp³-hybridized carbons (Fsp3) is 0. The lowest BCUT2D eigenvalue weighted by Gasteiger charge is -2.01. The van der Waals surface area contributed by atoms with Crippen LogP contribution in [0.25, 0.3) is 22.2 Å². The molecule has 0 atom stereocenters. The van der Waals surface area contributed by atoms with Crippen molar-refractivity contribution in [2.75, 3.05) is 0 Å². The van der Waals surface area contributed by atoms with Crippen LogP contribution >= 0.6 is 12.2 Å². The van der Waals surface area contributed by atoms with E-state index in [0.717, 1.165) is 22.2 Å². The molecule has 3 rings (SSSR count). The van der Waals surface area contributed by atoms with Gasteiger partial charge in [0.25, 0.3) is 0 Å². The summed E-state index contributed by atoms with van der Waals surface area (Å²) in [4.78, 5) is 4.30. The smallest absolute Gasteiger partial charge is 0.147 e. The van der Waals surface area contributed by atoms with E-state index in [-0.39, 0.29) is 0 Å². The van der Waals surface area contributed by atoms with E-state index in [1.54, 1.807) is 6.20 Å². The Labute approximate surface area is 96.3 Å². The second kappa shape index (κ2) is 3.53. The van der Waals surface area contributed by atoms with Gasteiger partial charge in [-0.25, -0.2) is 5.21 Å². The minimum atomic E-state index is 0.608. The Bertz CT molecular complexity index is 693. The maximum atomic E-state index is 5.16. The molecule has 0 radical (unpaired) electrons. The summed E-state index contributed by atoms with van der Waals surface area (Å²) in [5, 5.41) is 10.6. The van der Waals surface area contributed by atoms with Gasteiger partial charge in [-0.15, -0.1) is 0 Å². The van der Waals surface area contributed by atoms with Gasteiger partial charge in [0.1, 0.15) is 10.3 Å². The zero-order valence-corrected chi connectivity index (χ0v) is 9.08. The molecule has 0 fully saturated rings. The monoisotopic (exact) mass is 228 g/mol. The van der Waals surface area contributed by atoms with E-state index in [2.05, 4.69) is 20.4 Å². The third kappa shape index (κ3) is 1.33. The molecule has 0 saturated carbocycles. The first-order valence-electron chi connectivity index (χ1n) is 4.83. The number of benzene rings is 1. The van der Waals surface area contributed by atoms with Crippen LogP contribution in [-0.4, -0.2) is 20.4 Å². The lowest BCUT2D eigenvalue weighted by atomic mass is 10.1. The van der Waals surface area contributed by atoms with Gasteiger partial charge in [-0.1, -0.05) is 30.4 Å². The number of pyridine rings is 1. The summed E-state index contributed by atoms with van der Waals surface area (Å²) in [6.45, 7) is 0. The van der Waals surface area contributed by atoms with Gasteiger partial charge in [0, 0.05) is 17.1 Å². The summed E-state index contributed by atoms with van der Waals surface area (Å²) in [6.07, 6.45) is 1.78. The van der Waals surface area contributed by atoms with Crippen LogP contribution in [-0.2, 0) is 0 Å². The summed E-state index contributed by atoms with van der Waals surface area (Å²) in [7, 11) is 0. The molecule has 2 aromatic heterocycles. The molecule has 0 aliphatic heterocycles. The van der Waals surface area contributed by atoms with Crippen molar-refractivity contribution in [3.05, 3.63) is 41.2 Å². The van der Waals surface area contributed by atoms with Gasteiger partial charge < -0.3 is 0 Å². The third-order valence-corrected chi connectivity index (χ3v) is 2.75. The topological polar surface area (TPSA) is 57.4 Å². The van der Waals surface area contributed by atoms with E-state index < -0.39 is 0 Å². The first kappa shape index (κ1) is 9.23. The molecule has 0 amide bonds. The molecule has 16 heavy (non-hydrogen) atoms.